The van der Waals surface area contributed by atoms with Crippen molar-refractivity contribution in [3.05, 3.63) is 11.6 Å². The molecular weight excluding hydrogens is 124 g/mol. The molecule has 0 aromatic rings. The summed E-state index contributed by atoms with van der Waals surface area (Å²) in [6, 6.07) is 0. The van der Waals surface area contributed by atoms with Gasteiger partial charge in [0.05, 0.1) is 0 Å². The molecule has 2 atom stereocenters. The molecule has 54 valence electrons. The van der Waals surface area contributed by atoms with Crippen molar-refractivity contribution in [2.24, 2.45) is 11.8 Å². The number of fused-ring (bicyclic) bond motifs is 2. The van der Waals surface area contributed by atoms with Gasteiger partial charge in [0.25, 0.3) is 0 Å². The lowest BCUT2D eigenvalue weighted by atomic mass is 9.71. The Hall–Kier alpha value is -0.590. The van der Waals surface area contributed by atoms with Crippen LogP contribution in [0.4, 0.5) is 0 Å². The normalized spacial score (nSPS) is 38.1. The zero-order valence-electron chi connectivity index (χ0n) is 6.26. The van der Waals surface area contributed by atoms with Gasteiger partial charge >= 0.3 is 0 Å². The fourth-order valence-corrected chi connectivity index (χ4v) is 2.06. The Bertz CT molecular complexity index is 203. The van der Waals surface area contributed by atoms with E-state index in [9.17, 15) is 4.79 Å². The molecule has 0 aromatic carbocycles. The van der Waals surface area contributed by atoms with Crippen LogP contribution in [0.2, 0.25) is 0 Å². The highest BCUT2D eigenvalue weighted by Crippen LogP contribution is 2.37. The summed E-state index contributed by atoms with van der Waals surface area (Å²) in [4.78, 5) is 11.2. The van der Waals surface area contributed by atoms with Crippen molar-refractivity contribution in [1.29, 1.82) is 0 Å². The van der Waals surface area contributed by atoms with E-state index in [0.29, 0.717) is 17.6 Å². The van der Waals surface area contributed by atoms with Crippen LogP contribution in [-0.2, 0) is 4.79 Å². The van der Waals surface area contributed by atoms with Crippen LogP contribution < -0.4 is 0 Å². The second kappa shape index (κ2) is 1.94. The van der Waals surface area contributed by atoms with E-state index < -0.39 is 0 Å². The van der Waals surface area contributed by atoms with E-state index in [4.69, 9.17) is 0 Å². The summed E-state index contributed by atoms with van der Waals surface area (Å²) in [6.45, 7) is 2.16. The molecular formula is C9H12O. The van der Waals surface area contributed by atoms with Gasteiger partial charge in [0.2, 0.25) is 0 Å². The highest BCUT2D eigenvalue weighted by atomic mass is 16.1. The zero-order chi connectivity index (χ0) is 7.14. The van der Waals surface area contributed by atoms with Crippen LogP contribution >= 0.6 is 0 Å². The molecule has 2 unspecified atom stereocenters. The van der Waals surface area contributed by atoms with E-state index in [1.807, 2.05) is 0 Å². The van der Waals surface area contributed by atoms with Gasteiger partial charge in [-0.1, -0.05) is 11.6 Å². The van der Waals surface area contributed by atoms with E-state index in [1.54, 1.807) is 0 Å². The second-order valence-electron chi connectivity index (χ2n) is 3.46. The van der Waals surface area contributed by atoms with Crippen LogP contribution in [0.25, 0.3) is 0 Å². The fraction of sp³-hybridized carbons (Fsp3) is 0.667. The van der Waals surface area contributed by atoms with Gasteiger partial charge in [-0.3, -0.25) is 4.79 Å². The molecule has 0 spiro atoms. The zero-order valence-corrected chi connectivity index (χ0v) is 6.26. The van der Waals surface area contributed by atoms with Gasteiger partial charge in [-0.15, -0.1) is 0 Å². The van der Waals surface area contributed by atoms with E-state index in [2.05, 4.69) is 13.0 Å². The van der Waals surface area contributed by atoms with Crippen molar-refractivity contribution in [1.82, 2.24) is 0 Å². The standard InChI is InChI=1S/C9H12O/c1-6-4-8-3-2-7(6)5-9(8)10/h4,7-8H,2-3,5H2,1H3. The van der Waals surface area contributed by atoms with Crippen LogP contribution in [0.15, 0.2) is 11.6 Å². The van der Waals surface area contributed by atoms with Crippen LogP contribution in [-0.4, -0.2) is 5.78 Å². The number of carbonyl (C=O) groups is 1. The van der Waals surface area contributed by atoms with Gasteiger partial charge in [-0.2, -0.15) is 0 Å². The van der Waals surface area contributed by atoms with E-state index >= 15 is 0 Å². The Morgan fingerprint density at radius 1 is 1.50 bits per heavy atom. The first-order valence-corrected chi connectivity index (χ1v) is 3.98. The van der Waals surface area contributed by atoms with Gasteiger partial charge in [0.15, 0.2) is 0 Å². The molecule has 0 amide bonds. The Balaban J connectivity index is 2.34. The molecule has 10 heavy (non-hydrogen) atoms. The lowest BCUT2D eigenvalue weighted by Crippen LogP contribution is -2.29. The van der Waals surface area contributed by atoms with Crippen LogP contribution in [0.1, 0.15) is 26.2 Å². The molecule has 0 heterocycles. The quantitative estimate of drug-likeness (QED) is 0.465. The molecule has 1 nitrogen and oxygen atoms in total. The number of ketones is 1. The summed E-state index contributed by atoms with van der Waals surface area (Å²) in [7, 11) is 0. The number of Topliss-reactive ketones (excluding diaryl/α,β-unsaturated/α-hetero) is 1. The topological polar surface area (TPSA) is 17.1 Å². The molecule has 1 heteroatoms. The molecule has 3 aliphatic carbocycles. The summed E-state index contributed by atoms with van der Waals surface area (Å²) in [5.41, 5.74) is 1.45. The predicted octanol–water partition coefficient (Wildman–Crippen LogP) is 1.93. The first-order valence-electron chi connectivity index (χ1n) is 3.98. The molecule has 1 fully saturated rings. The van der Waals surface area contributed by atoms with Crippen LogP contribution in [0.3, 0.4) is 0 Å². The second-order valence-corrected chi connectivity index (χ2v) is 3.46. The van der Waals surface area contributed by atoms with Gasteiger partial charge in [0, 0.05) is 12.3 Å². The Morgan fingerprint density at radius 3 is 2.60 bits per heavy atom. The highest BCUT2D eigenvalue weighted by molar-refractivity contribution is 5.85. The highest BCUT2D eigenvalue weighted by Gasteiger charge is 2.32. The lowest BCUT2D eigenvalue weighted by molar-refractivity contribution is -0.124. The van der Waals surface area contributed by atoms with Crippen molar-refractivity contribution in [3.8, 4) is 0 Å². The SMILES string of the molecule is CC1=CC2CCC1CC2=O. The summed E-state index contributed by atoms with van der Waals surface area (Å²) < 4.78 is 0. The maximum atomic E-state index is 11.2. The van der Waals surface area contributed by atoms with Gasteiger partial charge in [-0.25, -0.2) is 0 Å². The summed E-state index contributed by atoms with van der Waals surface area (Å²) in [5.74, 6) is 1.38. The van der Waals surface area contributed by atoms with Gasteiger partial charge in [-0.05, 0) is 25.7 Å². The number of rotatable bonds is 0. The smallest absolute Gasteiger partial charge is 0.140 e. The summed E-state index contributed by atoms with van der Waals surface area (Å²) in [6.07, 6.45) is 5.35. The maximum Gasteiger partial charge on any atom is 0.140 e. The van der Waals surface area contributed by atoms with Crippen molar-refractivity contribution < 1.29 is 4.79 Å². The van der Waals surface area contributed by atoms with E-state index in [-0.39, 0.29) is 0 Å². The molecule has 0 aliphatic heterocycles. The lowest BCUT2D eigenvalue weighted by Gasteiger charge is -2.32. The molecule has 0 aromatic heterocycles. The molecule has 1 saturated carbocycles. The average molecular weight is 136 g/mol. The largest absolute Gasteiger partial charge is 0.299 e. The monoisotopic (exact) mass is 136 g/mol. The Kier molecular flexibility index (Phi) is 1.19. The predicted molar refractivity (Wildman–Crippen MR) is 39.6 cm³/mol. The fourth-order valence-electron chi connectivity index (χ4n) is 2.06. The third-order valence-electron chi connectivity index (χ3n) is 2.80. The van der Waals surface area contributed by atoms with Crippen LogP contribution in [0, 0.1) is 11.8 Å². The molecule has 3 aliphatic rings. The van der Waals surface area contributed by atoms with Gasteiger partial charge < -0.3 is 0 Å². The minimum atomic E-state index is 0.296. The van der Waals surface area contributed by atoms with Crippen molar-refractivity contribution in [2.75, 3.05) is 0 Å². The first kappa shape index (κ1) is 6.14. The average Bonchev–Trinajstić information content (AvgIpc) is 1.91. The number of hydrogen-bond donors (Lipinski definition) is 0. The Morgan fingerprint density at radius 2 is 2.30 bits per heavy atom. The molecule has 3 rings (SSSR count). The summed E-state index contributed by atoms with van der Waals surface area (Å²) in [5, 5.41) is 0. The Labute approximate surface area is 61.1 Å². The van der Waals surface area contributed by atoms with Crippen LogP contribution in [0.5, 0.6) is 0 Å². The first-order chi connectivity index (χ1) is 4.77. The third-order valence-corrected chi connectivity index (χ3v) is 2.80. The number of allylic oxidation sites excluding steroid dienone is 2. The minimum absolute atomic E-state index is 0.296. The number of carbonyl (C=O) groups excluding carboxylic acids is 1. The molecule has 2 bridgehead atoms. The van der Waals surface area contributed by atoms with E-state index in [0.717, 1.165) is 12.8 Å². The summed E-state index contributed by atoms with van der Waals surface area (Å²) >= 11 is 0. The van der Waals surface area contributed by atoms with Crippen molar-refractivity contribution in [2.45, 2.75) is 26.2 Å². The maximum absolute atomic E-state index is 11.2. The van der Waals surface area contributed by atoms with Crippen molar-refractivity contribution >= 4 is 5.78 Å². The van der Waals surface area contributed by atoms with Crippen molar-refractivity contribution in [3.63, 3.8) is 0 Å². The molecule has 0 radical (unpaired) electrons. The van der Waals surface area contributed by atoms with E-state index in [1.165, 1.54) is 12.0 Å². The molecule has 0 saturated heterocycles. The number of hydrogen-bond acceptors (Lipinski definition) is 1. The third kappa shape index (κ3) is 0.731. The van der Waals surface area contributed by atoms with Gasteiger partial charge in [0.1, 0.15) is 5.78 Å². The minimum Gasteiger partial charge on any atom is -0.299 e. The molecule has 0 N–H and O–H groups in total.